The molecule has 0 saturated heterocycles. The monoisotopic (exact) mass is 550 g/mol. The number of ether oxygens (including phenoxy) is 2. The Labute approximate surface area is 238 Å². The molecule has 0 atom stereocenters. The number of para-hydroxylation sites is 2. The van der Waals surface area contributed by atoms with Gasteiger partial charge in [-0.15, -0.1) is 0 Å². The zero-order valence-corrected chi connectivity index (χ0v) is 23.0. The molecule has 0 saturated carbocycles. The van der Waals surface area contributed by atoms with E-state index in [0.717, 1.165) is 22.4 Å². The number of aromatic nitrogens is 2. The first-order valence-corrected chi connectivity index (χ1v) is 12.9. The maximum atomic E-state index is 14.1. The molecular formula is C31H30N6O4. The summed E-state index contributed by atoms with van der Waals surface area (Å²) in [6.07, 6.45) is 2.91. The van der Waals surface area contributed by atoms with Gasteiger partial charge >= 0.3 is 6.03 Å². The Kier molecular flexibility index (Phi) is 7.82. The van der Waals surface area contributed by atoms with Gasteiger partial charge in [0.2, 0.25) is 11.9 Å². The second-order valence-corrected chi connectivity index (χ2v) is 9.42. The van der Waals surface area contributed by atoms with Gasteiger partial charge in [-0.2, -0.15) is 4.98 Å². The number of carbonyl (C=O) groups is 2. The Hall–Kier alpha value is -5.38. The highest BCUT2D eigenvalue weighted by Gasteiger charge is 2.33. The molecule has 2 N–H and O–H groups in total. The van der Waals surface area contributed by atoms with Crippen LogP contribution >= 0.6 is 0 Å². The van der Waals surface area contributed by atoms with Gasteiger partial charge in [-0.25, -0.2) is 9.78 Å². The molecule has 1 aliphatic heterocycles. The average molecular weight is 551 g/mol. The Bertz CT molecular complexity index is 1600. The number of benzene rings is 3. The molecule has 3 amide bonds. The Morgan fingerprint density at radius 1 is 1.02 bits per heavy atom. The van der Waals surface area contributed by atoms with Crippen LogP contribution in [0.25, 0.3) is 0 Å². The maximum Gasteiger partial charge on any atom is 0.330 e. The quantitative estimate of drug-likeness (QED) is 0.253. The van der Waals surface area contributed by atoms with Crippen LogP contribution in [0.3, 0.4) is 0 Å². The lowest BCUT2D eigenvalue weighted by Gasteiger charge is -2.36. The number of urea groups is 1. The van der Waals surface area contributed by atoms with Crippen molar-refractivity contribution in [1.29, 1.82) is 0 Å². The van der Waals surface area contributed by atoms with Crippen LogP contribution < -0.4 is 29.9 Å². The van der Waals surface area contributed by atoms with Gasteiger partial charge in [0.25, 0.3) is 0 Å². The van der Waals surface area contributed by atoms with Gasteiger partial charge in [-0.3, -0.25) is 14.6 Å². The fraction of sp³-hybridized carbons (Fsp3) is 0.161. The number of hydrogen-bond donors (Lipinski definition) is 2. The molecule has 1 aliphatic rings. The van der Waals surface area contributed by atoms with Crippen LogP contribution in [-0.4, -0.2) is 36.1 Å². The van der Waals surface area contributed by atoms with E-state index in [4.69, 9.17) is 14.5 Å². The molecule has 2 heterocycles. The van der Waals surface area contributed by atoms with Crippen molar-refractivity contribution in [1.82, 2.24) is 9.97 Å². The zero-order valence-electron chi connectivity index (χ0n) is 23.0. The number of amides is 3. The molecule has 5 rings (SSSR count). The van der Waals surface area contributed by atoms with Crippen molar-refractivity contribution in [2.75, 3.05) is 34.7 Å². The van der Waals surface area contributed by atoms with Crippen molar-refractivity contribution < 1.29 is 19.1 Å². The standard InChI is InChI=1S/C31H30N6O4/c1-5-28(38)33-26-8-6-7-9-27(26)34-30-32-17-22-19-36(23-14-20(2)15-25(16-23)41-4)31(39)37(29(22)35-30)18-21-10-12-24(40-3)13-11-21/h5-17H,1,18-19H2,2-4H3,(H,33,38)(H,32,34,35). The molecule has 208 valence electrons. The van der Waals surface area contributed by atoms with Crippen molar-refractivity contribution >= 4 is 40.8 Å². The first-order valence-electron chi connectivity index (χ1n) is 12.9. The zero-order chi connectivity index (χ0) is 28.9. The van der Waals surface area contributed by atoms with Crippen LogP contribution in [0, 0.1) is 6.92 Å². The van der Waals surface area contributed by atoms with Gasteiger partial charge in [0.15, 0.2) is 0 Å². The fourth-order valence-electron chi connectivity index (χ4n) is 4.54. The summed E-state index contributed by atoms with van der Waals surface area (Å²) in [4.78, 5) is 38.6. The number of methoxy groups -OCH3 is 2. The van der Waals surface area contributed by atoms with Gasteiger partial charge in [-0.05, 0) is 60.5 Å². The lowest BCUT2D eigenvalue weighted by Crippen LogP contribution is -2.47. The molecule has 41 heavy (non-hydrogen) atoms. The SMILES string of the molecule is C=CC(=O)Nc1ccccc1Nc1ncc2c(n1)N(Cc1ccc(OC)cc1)C(=O)N(c1cc(C)cc(OC)c1)C2. The highest BCUT2D eigenvalue weighted by molar-refractivity contribution is 6.05. The highest BCUT2D eigenvalue weighted by atomic mass is 16.5. The molecule has 4 aromatic rings. The molecule has 0 unspecified atom stereocenters. The van der Waals surface area contributed by atoms with Gasteiger partial charge in [-0.1, -0.05) is 30.8 Å². The van der Waals surface area contributed by atoms with Crippen molar-refractivity contribution in [3.8, 4) is 11.5 Å². The Morgan fingerprint density at radius 3 is 2.46 bits per heavy atom. The minimum Gasteiger partial charge on any atom is -0.497 e. The van der Waals surface area contributed by atoms with Crippen LogP contribution in [0.2, 0.25) is 0 Å². The van der Waals surface area contributed by atoms with E-state index in [9.17, 15) is 9.59 Å². The lowest BCUT2D eigenvalue weighted by molar-refractivity contribution is -0.111. The largest absolute Gasteiger partial charge is 0.497 e. The summed E-state index contributed by atoms with van der Waals surface area (Å²) in [6, 6.07) is 20.2. The molecule has 0 radical (unpaired) electrons. The first kappa shape index (κ1) is 27.2. The Balaban J connectivity index is 1.53. The molecule has 3 aromatic carbocycles. The Morgan fingerprint density at radius 2 is 1.76 bits per heavy atom. The number of fused-ring (bicyclic) bond motifs is 1. The molecule has 0 aliphatic carbocycles. The van der Waals surface area contributed by atoms with E-state index < -0.39 is 0 Å². The van der Waals surface area contributed by atoms with E-state index in [-0.39, 0.29) is 31.0 Å². The average Bonchev–Trinajstić information content (AvgIpc) is 2.99. The number of rotatable bonds is 9. The lowest BCUT2D eigenvalue weighted by atomic mass is 10.1. The van der Waals surface area contributed by atoms with Crippen LogP contribution in [-0.2, 0) is 17.9 Å². The summed E-state index contributed by atoms with van der Waals surface area (Å²) >= 11 is 0. The van der Waals surface area contributed by atoms with Crippen molar-refractivity contribution in [3.63, 3.8) is 0 Å². The van der Waals surface area contributed by atoms with E-state index in [1.807, 2.05) is 61.5 Å². The smallest absolute Gasteiger partial charge is 0.330 e. The fourth-order valence-corrected chi connectivity index (χ4v) is 4.54. The third-order valence-corrected chi connectivity index (χ3v) is 6.59. The van der Waals surface area contributed by atoms with Gasteiger partial charge in [0.05, 0.1) is 38.7 Å². The number of nitrogens with zero attached hydrogens (tertiary/aromatic N) is 4. The summed E-state index contributed by atoms with van der Waals surface area (Å²) in [5.41, 5.74) is 4.50. The molecule has 10 heteroatoms. The molecule has 0 spiro atoms. The highest BCUT2D eigenvalue weighted by Crippen LogP contribution is 2.35. The van der Waals surface area contributed by atoms with Crippen LogP contribution in [0.1, 0.15) is 16.7 Å². The van der Waals surface area contributed by atoms with Crippen molar-refractivity contribution in [2.24, 2.45) is 0 Å². The molecule has 10 nitrogen and oxygen atoms in total. The predicted octanol–water partition coefficient (Wildman–Crippen LogP) is 5.82. The summed E-state index contributed by atoms with van der Waals surface area (Å²) in [7, 11) is 3.21. The van der Waals surface area contributed by atoms with E-state index in [1.165, 1.54) is 6.08 Å². The van der Waals surface area contributed by atoms with E-state index in [2.05, 4.69) is 22.2 Å². The second-order valence-electron chi connectivity index (χ2n) is 9.42. The van der Waals surface area contributed by atoms with Crippen LogP contribution in [0.15, 0.2) is 85.6 Å². The van der Waals surface area contributed by atoms with Crippen molar-refractivity contribution in [2.45, 2.75) is 20.0 Å². The predicted molar refractivity (Wildman–Crippen MR) is 159 cm³/mol. The van der Waals surface area contributed by atoms with E-state index in [0.29, 0.717) is 28.6 Å². The van der Waals surface area contributed by atoms with Crippen molar-refractivity contribution in [3.05, 3.63) is 102 Å². The maximum absolute atomic E-state index is 14.1. The molecular weight excluding hydrogens is 520 g/mol. The molecule has 1 aromatic heterocycles. The van der Waals surface area contributed by atoms with E-state index >= 15 is 0 Å². The topological polar surface area (TPSA) is 109 Å². The van der Waals surface area contributed by atoms with Gasteiger partial charge < -0.3 is 20.1 Å². The summed E-state index contributed by atoms with van der Waals surface area (Å²) < 4.78 is 10.8. The molecule has 0 fully saturated rings. The summed E-state index contributed by atoms with van der Waals surface area (Å²) in [6.45, 7) is 6.03. The number of aryl methyl sites for hydroxylation is 1. The minimum atomic E-state index is -0.338. The third-order valence-electron chi connectivity index (χ3n) is 6.59. The number of hydrogen-bond acceptors (Lipinski definition) is 7. The third kappa shape index (κ3) is 5.96. The molecule has 0 bridgehead atoms. The minimum absolute atomic E-state index is 0.232. The first-order chi connectivity index (χ1) is 19.9. The normalized spacial score (nSPS) is 12.4. The summed E-state index contributed by atoms with van der Waals surface area (Å²) in [5.74, 6) is 1.82. The summed E-state index contributed by atoms with van der Waals surface area (Å²) in [5, 5.41) is 5.95. The van der Waals surface area contributed by atoms with Gasteiger partial charge in [0, 0.05) is 23.5 Å². The number of nitrogens with one attached hydrogen (secondary N) is 2. The van der Waals surface area contributed by atoms with Crippen LogP contribution in [0.4, 0.5) is 33.6 Å². The number of carbonyl (C=O) groups excluding carboxylic acids is 2. The second kappa shape index (κ2) is 11.8. The van der Waals surface area contributed by atoms with Crippen LogP contribution in [0.5, 0.6) is 11.5 Å². The number of anilines is 5. The van der Waals surface area contributed by atoms with E-state index in [1.54, 1.807) is 42.3 Å². The van der Waals surface area contributed by atoms with Gasteiger partial charge in [0.1, 0.15) is 17.3 Å².